The van der Waals surface area contributed by atoms with Gasteiger partial charge in [-0.2, -0.15) is 0 Å². The lowest BCUT2D eigenvalue weighted by molar-refractivity contribution is 0.0652. The number of piperazine rings is 1. The van der Waals surface area contributed by atoms with Crippen molar-refractivity contribution in [2.24, 2.45) is 0 Å². The van der Waals surface area contributed by atoms with E-state index in [1.807, 2.05) is 23.6 Å². The van der Waals surface area contributed by atoms with Crippen LogP contribution in [0.4, 0.5) is 4.79 Å². The van der Waals surface area contributed by atoms with Crippen LogP contribution >= 0.6 is 11.8 Å². The summed E-state index contributed by atoms with van der Waals surface area (Å²) in [7, 11) is 0. The zero-order valence-corrected chi connectivity index (χ0v) is 16.8. The summed E-state index contributed by atoms with van der Waals surface area (Å²) in [5.41, 5.74) is 4.17. The molecule has 0 spiro atoms. The van der Waals surface area contributed by atoms with E-state index in [9.17, 15) is 4.79 Å². The zero-order chi connectivity index (χ0) is 18.8. The van der Waals surface area contributed by atoms with Gasteiger partial charge < -0.3 is 9.64 Å². The summed E-state index contributed by atoms with van der Waals surface area (Å²) in [4.78, 5) is 19.1. The van der Waals surface area contributed by atoms with Gasteiger partial charge in [-0.25, -0.2) is 4.79 Å². The molecule has 2 heterocycles. The van der Waals surface area contributed by atoms with Crippen LogP contribution in [-0.2, 0) is 11.2 Å². The maximum absolute atomic E-state index is 12.0. The Balaban J connectivity index is 1.61. The molecule has 0 unspecified atom stereocenters. The van der Waals surface area contributed by atoms with Crippen molar-refractivity contribution in [1.82, 2.24) is 9.80 Å². The summed E-state index contributed by atoms with van der Waals surface area (Å²) >= 11 is 1.90. The van der Waals surface area contributed by atoms with Gasteiger partial charge in [-0.15, -0.1) is 0 Å². The maximum atomic E-state index is 12.0. The van der Waals surface area contributed by atoms with E-state index in [1.54, 1.807) is 0 Å². The molecule has 27 heavy (non-hydrogen) atoms. The normalized spacial score (nSPS) is 19.8. The van der Waals surface area contributed by atoms with E-state index in [0.717, 1.165) is 32.6 Å². The molecular formula is C22H26N2O2S. The second-order valence-corrected chi connectivity index (χ2v) is 8.20. The van der Waals surface area contributed by atoms with Gasteiger partial charge in [0.25, 0.3) is 0 Å². The number of rotatable bonds is 2. The fraction of sp³-hybridized carbons (Fsp3) is 0.409. The van der Waals surface area contributed by atoms with Crippen molar-refractivity contribution in [3.05, 3.63) is 59.2 Å². The molecule has 0 aliphatic carbocycles. The maximum Gasteiger partial charge on any atom is 0.409 e. The molecule has 5 heteroatoms. The molecule has 0 radical (unpaired) electrons. The van der Waals surface area contributed by atoms with Crippen LogP contribution in [0.15, 0.2) is 52.3 Å². The molecule has 4 nitrogen and oxygen atoms in total. The molecule has 1 saturated heterocycles. The van der Waals surface area contributed by atoms with Crippen molar-refractivity contribution in [2.45, 2.75) is 36.1 Å². The molecule has 0 bridgehead atoms. The summed E-state index contributed by atoms with van der Waals surface area (Å²) in [5, 5.41) is 0. The minimum atomic E-state index is -0.185. The highest BCUT2D eigenvalue weighted by atomic mass is 32.2. The molecule has 2 aliphatic rings. The summed E-state index contributed by atoms with van der Waals surface area (Å²) < 4.78 is 5.17. The first kappa shape index (κ1) is 18.4. The summed E-state index contributed by atoms with van der Waals surface area (Å²) in [6, 6.07) is 15.8. The Bertz CT molecular complexity index is 831. The fourth-order valence-electron chi connectivity index (χ4n) is 4.03. The molecule has 1 amide bonds. The molecule has 2 aromatic rings. The van der Waals surface area contributed by atoms with E-state index in [4.69, 9.17) is 4.74 Å². The molecular weight excluding hydrogens is 356 g/mol. The van der Waals surface area contributed by atoms with Crippen molar-refractivity contribution in [3.8, 4) is 0 Å². The van der Waals surface area contributed by atoms with Crippen LogP contribution in [-0.4, -0.2) is 48.7 Å². The number of carbonyl (C=O) groups excluding carboxylic acids is 1. The van der Waals surface area contributed by atoms with Crippen molar-refractivity contribution in [3.63, 3.8) is 0 Å². The van der Waals surface area contributed by atoms with Gasteiger partial charge in [-0.1, -0.05) is 48.2 Å². The van der Waals surface area contributed by atoms with Crippen LogP contribution in [0, 0.1) is 6.92 Å². The Labute approximate surface area is 165 Å². The Kier molecular flexibility index (Phi) is 5.41. The van der Waals surface area contributed by atoms with Gasteiger partial charge in [-0.05, 0) is 43.0 Å². The number of hydrogen-bond donors (Lipinski definition) is 0. The SMILES string of the molecule is CCOC(=O)N1CCN([C@H]2Cc3ccccc3Sc3c(C)cccc32)CC1. The lowest BCUT2D eigenvalue weighted by Crippen LogP contribution is -2.50. The minimum Gasteiger partial charge on any atom is -0.450 e. The summed E-state index contributed by atoms with van der Waals surface area (Å²) in [5.74, 6) is 0. The predicted octanol–water partition coefficient (Wildman–Crippen LogP) is 4.52. The van der Waals surface area contributed by atoms with Crippen molar-refractivity contribution < 1.29 is 9.53 Å². The number of fused-ring (bicyclic) bond motifs is 2. The Hall–Kier alpha value is -1.98. The molecule has 1 atom stereocenters. The monoisotopic (exact) mass is 382 g/mol. The summed E-state index contributed by atoms with van der Waals surface area (Å²) in [6.07, 6.45) is 0.828. The lowest BCUT2D eigenvalue weighted by atomic mass is 9.95. The molecule has 0 aromatic heterocycles. The molecule has 142 valence electrons. The topological polar surface area (TPSA) is 32.8 Å². The van der Waals surface area contributed by atoms with E-state index < -0.39 is 0 Å². The van der Waals surface area contributed by atoms with Gasteiger partial charge in [-0.3, -0.25) is 4.90 Å². The van der Waals surface area contributed by atoms with Crippen molar-refractivity contribution >= 4 is 17.9 Å². The van der Waals surface area contributed by atoms with E-state index in [2.05, 4.69) is 54.3 Å². The smallest absolute Gasteiger partial charge is 0.409 e. The van der Waals surface area contributed by atoms with Gasteiger partial charge in [0, 0.05) is 42.0 Å². The highest BCUT2D eigenvalue weighted by Crippen LogP contribution is 2.44. The number of amides is 1. The second kappa shape index (κ2) is 7.95. The van der Waals surface area contributed by atoms with Crippen LogP contribution in [0.2, 0.25) is 0 Å². The number of aryl methyl sites for hydroxylation is 1. The quantitative estimate of drug-likeness (QED) is 0.765. The first-order chi connectivity index (χ1) is 13.2. The van der Waals surface area contributed by atoms with Crippen molar-refractivity contribution in [2.75, 3.05) is 32.8 Å². The van der Waals surface area contributed by atoms with Crippen LogP contribution < -0.4 is 0 Å². The number of nitrogens with zero attached hydrogens (tertiary/aromatic N) is 2. The van der Waals surface area contributed by atoms with Crippen molar-refractivity contribution in [1.29, 1.82) is 0 Å². The summed E-state index contributed by atoms with van der Waals surface area (Å²) in [6.45, 7) is 7.70. The molecule has 2 aromatic carbocycles. The molecule has 2 aliphatic heterocycles. The van der Waals surface area contributed by atoms with Crippen LogP contribution in [0.25, 0.3) is 0 Å². The Morgan fingerprint density at radius 1 is 1.11 bits per heavy atom. The standard InChI is InChI=1S/C22H26N2O2S/c1-3-26-22(25)24-13-11-23(12-14-24)19-15-17-8-4-5-10-20(17)27-21-16(2)7-6-9-18(19)21/h4-10,19H,3,11-15H2,1-2H3/t19-/m0/s1. The number of carbonyl (C=O) groups is 1. The first-order valence-electron chi connectivity index (χ1n) is 9.68. The Morgan fingerprint density at radius 3 is 2.67 bits per heavy atom. The van der Waals surface area contributed by atoms with E-state index >= 15 is 0 Å². The Morgan fingerprint density at radius 2 is 1.89 bits per heavy atom. The first-order valence-corrected chi connectivity index (χ1v) is 10.5. The minimum absolute atomic E-state index is 0.185. The predicted molar refractivity (Wildman–Crippen MR) is 108 cm³/mol. The average molecular weight is 383 g/mol. The number of benzene rings is 2. The van der Waals surface area contributed by atoms with Crippen LogP contribution in [0.3, 0.4) is 0 Å². The third-order valence-corrected chi connectivity index (χ3v) is 6.86. The second-order valence-electron chi connectivity index (χ2n) is 7.14. The highest BCUT2D eigenvalue weighted by molar-refractivity contribution is 7.99. The van der Waals surface area contributed by atoms with Gasteiger partial charge in [0.1, 0.15) is 0 Å². The third-order valence-electron chi connectivity index (χ3n) is 5.48. The van der Waals surface area contributed by atoms with E-state index in [0.29, 0.717) is 12.6 Å². The zero-order valence-electron chi connectivity index (χ0n) is 16.0. The third kappa shape index (κ3) is 3.71. The fourth-order valence-corrected chi connectivity index (χ4v) is 5.23. The van der Waals surface area contributed by atoms with Gasteiger partial charge in [0.15, 0.2) is 0 Å². The van der Waals surface area contributed by atoms with Crippen LogP contribution in [0.1, 0.15) is 29.7 Å². The van der Waals surface area contributed by atoms with Gasteiger partial charge >= 0.3 is 6.09 Å². The lowest BCUT2D eigenvalue weighted by Gasteiger charge is -2.39. The number of ether oxygens (including phenoxy) is 1. The number of hydrogen-bond acceptors (Lipinski definition) is 4. The molecule has 4 rings (SSSR count). The molecule has 0 N–H and O–H groups in total. The van der Waals surface area contributed by atoms with Gasteiger partial charge in [0.05, 0.1) is 6.61 Å². The average Bonchev–Trinajstić information content (AvgIpc) is 2.86. The highest BCUT2D eigenvalue weighted by Gasteiger charge is 2.31. The van der Waals surface area contributed by atoms with E-state index in [1.165, 1.54) is 26.5 Å². The van der Waals surface area contributed by atoms with Crippen LogP contribution in [0.5, 0.6) is 0 Å². The molecule has 1 fully saturated rings. The van der Waals surface area contributed by atoms with E-state index in [-0.39, 0.29) is 6.09 Å². The molecule has 0 saturated carbocycles. The van der Waals surface area contributed by atoms with Gasteiger partial charge in [0.2, 0.25) is 0 Å². The largest absolute Gasteiger partial charge is 0.450 e.